The van der Waals surface area contributed by atoms with Gasteiger partial charge in [0, 0.05) is 36.4 Å². The topological polar surface area (TPSA) is 113 Å². The van der Waals surface area contributed by atoms with Crippen LogP contribution in [0.25, 0.3) is 16.7 Å². The molecular weight excluding hydrogens is 414 g/mol. The van der Waals surface area contributed by atoms with Crippen molar-refractivity contribution in [2.45, 2.75) is 52.0 Å². The molecule has 0 bridgehead atoms. The van der Waals surface area contributed by atoms with Gasteiger partial charge in [-0.15, -0.1) is 0 Å². The number of nitrogens with one attached hydrogen (secondary N) is 3. The second-order valence-corrected chi connectivity index (χ2v) is 9.29. The molecule has 33 heavy (non-hydrogen) atoms. The third-order valence-electron chi connectivity index (χ3n) is 6.15. The summed E-state index contributed by atoms with van der Waals surface area (Å²) in [6.45, 7) is 8.89. The molecule has 1 fully saturated rings. The highest BCUT2D eigenvalue weighted by atomic mass is 16.1. The number of H-pyrrole nitrogens is 1. The lowest BCUT2D eigenvalue weighted by molar-refractivity contribution is 0.555. The fourth-order valence-corrected chi connectivity index (χ4v) is 3.76. The van der Waals surface area contributed by atoms with Gasteiger partial charge < -0.3 is 21.4 Å². The summed E-state index contributed by atoms with van der Waals surface area (Å²) >= 11 is 0. The number of hydrogen-bond acceptors (Lipinski definition) is 4. The van der Waals surface area contributed by atoms with E-state index in [1.165, 1.54) is 18.4 Å². The van der Waals surface area contributed by atoms with Crippen molar-refractivity contribution in [1.29, 1.82) is 0 Å². The van der Waals surface area contributed by atoms with Crippen LogP contribution in [-0.2, 0) is 0 Å². The van der Waals surface area contributed by atoms with E-state index in [1.54, 1.807) is 4.57 Å². The summed E-state index contributed by atoms with van der Waals surface area (Å²) in [5, 5.41) is 7.65. The maximum atomic E-state index is 12.6. The first-order valence-corrected chi connectivity index (χ1v) is 11.9. The number of nitrogens with two attached hydrogens (primary N) is 1. The minimum Gasteiger partial charge on any atom is -0.370 e. The summed E-state index contributed by atoms with van der Waals surface area (Å²) < 4.78 is 1.60. The summed E-state index contributed by atoms with van der Waals surface area (Å²) in [6.07, 6.45) is 5.39. The first-order chi connectivity index (χ1) is 15.9. The van der Waals surface area contributed by atoms with Gasteiger partial charge in [-0.3, -0.25) is 9.56 Å². The molecule has 0 saturated heterocycles. The highest BCUT2D eigenvalue weighted by molar-refractivity contribution is 5.77. The van der Waals surface area contributed by atoms with Crippen LogP contribution in [0.3, 0.4) is 0 Å². The molecule has 0 spiro atoms. The van der Waals surface area contributed by atoms with Crippen molar-refractivity contribution in [2.75, 3.05) is 19.6 Å². The molecule has 1 atom stereocenters. The Hall–Kier alpha value is -3.13. The Balaban J connectivity index is 1.30. The van der Waals surface area contributed by atoms with E-state index in [9.17, 15) is 4.79 Å². The lowest BCUT2D eigenvalue weighted by atomic mass is 10.1. The zero-order valence-corrected chi connectivity index (χ0v) is 19.8. The van der Waals surface area contributed by atoms with E-state index in [0.29, 0.717) is 17.5 Å². The zero-order valence-electron chi connectivity index (χ0n) is 19.8. The van der Waals surface area contributed by atoms with Crippen LogP contribution in [0.5, 0.6) is 0 Å². The van der Waals surface area contributed by atoms with Crippen molar-refractivity contribution in [2.24, 2.45) is 16.6 Å². The first kappa shape index (κ1) is 23.0. The van der Waals surface area contributed by atoms with Gasteiger partial charge in [-0.25, -0.2) is 4.79 Å². The van der Waals surface area contributed by atoms with E-state index in [2.05, 4.69) is 64.6 Å². The van der Waals surface area contributed by atoms with Crippen molar-refractivity contribution in [1.82, 2.24) is 25.2 Å². The Bertz CT molecular complexity index is 1160. The van der Waals surface area contributed by atoms with Gasteiger partial charge in [0.15, 0.2) is 5.96 Å². The molecule has 8 heteroatoms. The Kier molecular flexibility index (Phi) is 7.13. The Morgan fingerprint density at radius 1 is 1.24 bits per heavy atom. The maximum absolute atomic E-state index is 12.6. The molecule has 4 rings (SSSR count). The van der Waals surface area contributed by atoms with Gasteiger partial charge in [-0.2, -0.15) is 4.98 Å². The minimum absolute atomic E-state index is 0.204. The number of benzene rings is 1. The lowest BCUT2D eigenvalue weighted by Gasteiger charge is -2.15. The van der Waals surface area contributed by atoms with Crippen LogP contribution < -0.4 is 22.1 Å². The van der Waals surface area contributed by atoms with E-state index in [-0.39, 0.29) is 11.7 Å². The molecule has 0 radical (unpaired) electrons. The standard InChI is InChI=1S/C25H35N7O/c1-16(2)22-13-20-15-32(25(33)31-23(20)30-22)21-9-7-19(8-10-21)17(3)27-11-4-12-28-24(26)29-14-18-5-6-18/h7-10,13,15-18,27H,4-6,11-12,14H2,1-3H3,(H3,26,28,29)(H,30,31,33)/t17-/m0/s1. The number of aliphatic imine (C=N–C) groups is 1. The zero-order chi connectivity index (χ0) is 23.4. The van der Waals surface area contributed by atoms with Crippen LogP contribution in [0.15, 0.2) is 46.3 Å². The van der Waals surface area contributed by atoms with Gasteiger partial charge in [0.2, 0.25) is 0 Å². The molecule has 2 aromatic heterocycles. The van der Waals surface area contributed by atoms with Crippen LogP contribution in [0.2, 0.25) is 0 Å². The molecule has 0 aliphatic heterocycles. The van der Waals surface area contributed by atoms with Crippen LogP contribution in [0, 0.1) is 5.92 Å². The number of aromatic nitrogens is 3. The van der Waals surface area contributed by atoms with E-state index < -0.39 is 0 Å². The molecule has 176 valence electrons. The third kappa shape index (κ3) is 6.01. The molecule has 1 aliphatic rings. The average Bonchev–Trinajstić information content (AvgIpc) is 3.54. The summed E-state index contributed by atoms with van der Waals surface area (Å²) in [5.74, 6) is 1.65. The number of guanidine groups is 1. The molecule has 1 saturated carbocycles. The molecule has 8 nitrogen and oxygen atoms in total. The highest BCUT2D eigenvalue weighted by Gasteiger charge is 2.20. The number of aromatic amines is 1. The Morgan fingerprint density at radius 2 is 2.00 bits per heavy atom. The first-order valence-electron chi connectivity index (χ1n) is 11.9. The fourth-order valence-electron chi connectivity index (χ4n) is 3.76. The van der Waals surface area contributed by atoms with Crippen molar-refractivity contribution in [3.05, 3.63) is 58.3 Å². The molecule has 1 aromatic carbocycles. The maximum Gasteiger partial charge on any atom is 0.354 e. The Labute approximate surface area is 194 Å². The van der Waals surface area contributed by atoms with Gasteiger partial charge in [0.05, 0.1) is 5.69 Å². The predicted octanol–water partition coefficient (Wildman–Crippen LogP) is 3.19. The number of nitrogens with zero attached hydrogens (tertiary/aromatic N) is 3. The SMILES string of the molecule is CC(C)c1cc2cn(-c3ccc([C@H](C)NCCCN/C(N)=N\CC4CC4)cc3)c(=O)nc2[nH]1. The van der Waals surface area contributed by atoms with E-state index in [1.807, 2.05) is 18.3 Å². The second kappa shape index (κ2) is 10.2. The fraction of sp³-hybridized carbons (Fsp3) is 0.480. The monoisotopic (exact) mass is 449 g/mol. The van der Waals surface area contributed by atoms with Crippen LogP contribution in [-0.4, -0.2) is 40.1 Å². The van der Waals surface area contributed by atoms with Crippen molar-refractivity contribution in [3.63, 3.8) is 0 Å². The van der Waals surface area contributed by atoms with Crippen LogP contribution in [0.1, 0.15) is 63.3 Å². The van der Waals surface area contributed by atoms with E-state index in [0.717, 1.165) is 48.7 Å². The lowest BCUT2D eigenvalue weighted by Crippen LogP contribution is -2.34. The molecule has 2 heterocycles. The smallest absolute Gasteiger partial charge is 0.354 e. The highest BCUT2D eigenvalue weighted by Crippen LogP contribution is 2.28. The summed E-state index contributed by atoms with van der Waals surface area (Å²) in [4.78, 5) is 24.4. The summed E-state index contributed by atoms with van der Waals surface area (Å²) in [5.41, 5.74) is 9.30. The summed E-state index contributed by atoms with van der Waals surface area (Å²) in [6, 6.07) is 10.3. The van der Waals surface area contributed by atoms with Crippen molar-refractivity contribution < 1.29 is 0 Å². The summed E-state index contributed by atoms with van der Waals surface area (Å²) in [7, 11) is 0. The van der Waals surface area contributed by atoms with E-state index in [4.69, 9.17) is 5.73 Å². The van der Waals surface area contributed by atoms with Gasteiger partial charge >= 0.3 is 5.69 Å². The second-order valence-electron chi connectivity index (χ2n) is 9.29. The van der Waals surface area contributed by atoms with Crippen molar-refractivity contribution in [3.8, 4) is 5.69 Å². The van der Waals surface area contributed by atoms with Gasteiger partial charge in [-0.1, -0.05) is 26.0 Å². The number of rotatable bonds is 10. The van der Waals surface area contributed by atoms with Crippen LogP contribution >= 0.6 is 0 Å². The van der Waals surface area contributed by atoms with Gasteiger partial charge in [-0.05, 0) is 68.3 Å². The number of hydrogen-bond donors (Lipinski definition) is 4. The van der Waals surface area contributed by atoms with Crippen LogP contribution in [0.4, 0.5) is 0 Å². The minimum atomic E-state index is -0.286. The third-order valence-corrected chi connectivity index (χ3v) is 6.15. The molecule has 3 aromatic rings. The van der Waals surface area contributed by atoms with E-state index >= 15 is 0 Å². The Morgan fingerprint density at radius 3 is 2.70 bits per heavy atom. The molecule has 5 N–H and O–H groups in total. The molecule has 1 aliphatic carbocycles. The van der Waals surface area contributed by atoms with Gasteiger partial charge in [0.25, 0.3) is 0 Å². The molecular formula is C25H35N7O. The molecule has 0 amide bonds. The predicted molar refractivity (Wildman–Crippen MR) is 134 cm³/mol. The average molecular weight is 450 g/mol. The quantitative estimate of drug-likeness (QED) is 0.216. The molecule has 0 unspecified atom stereocenters. The number of fused-ring (bicyclic) bond motifs is 1. The van der Waals surface area contributed by atoms with Gasteiger partial charge in [0.1, 0.15) is 5.65 Å². The van der Waals surface area contributed by atoms with Crippen molar-refractivity contribution >= 4 is 17.0 Å². The largest absolute Gasteiger partial charge is 0.370 e. The normalized spacial score (nSPS) is 15.3.